The van der Waals surface area contributed by atoms with Gasteiger partial charge in [0.15, 0.2) is 0 Å². The van der Waals surface area contributed by atoms with E-state index < -0.39 is 0 Å². The second kappa shape index (κ2) is 5.52. The lowest BCUT2D eigenvalue weighted by molar-refractivity contribution is 0.417. The summed E-state index contributed by atoms with van der Waals surface area (Å²) >= 11 is 0. The second-order valence-corrected chi connectivity index (χ2v) is 4.42. The number of aryl methyl sites for hydroxylation is 2. The van der Waals surface area contributed by atoms with Crippen LogP contribution in [0.4, 0.5) is 17.1 Å². The number of azo groups is 1. The lowest BCUT2D eigenvalue weighted by Gasteiger charge is -2.07. The Kier molecular flexibility index (Phi) is 3.80. The fourth-order valence-electron chi connectivity index (χ4n) is 1.71. The molecule has 2 aromatic carbocycles. The van der Waals surface area contributed by atoms with E-state index in [1.54, 1.807) is 13.2 Å². The van der Waals surface area contributed by atoms with Gasteiger partial charge in [0.1, 0.15) is 5.75 Å². The van der Waals surface area contributed by atoms with Crippen molar-refractivity contribution < 1.29 is 4.74 Å². The third-order valence-corrected chi connectivity index (χ3v) is 2.86. The molecule has 0 fully saturated rings. The molecule has 4 nitrogen and oxygen atoms in total. The number of anilines is 1. The highest BCUT2D eigenvalue weighted by molar-refractivity contribution is 5.63. The Bertz CT molecular complexity index is 604. The van der Waals surface area contributed by atoms with Crippen LogP contribution in [0.25, 0.3) is 0 Å². The predicted octanol–water partition coefficient (Wildman–Crippen LogP) is 4.31. The van der Waals surface area contributed by atoms with E-state index in [0.29, 0.717) is 11.4 Å². The largest absolute Gasteiger partial charge is 0.495 e. The van der Waals surface area contributed by atoms with Gasteiger partial charge in [-0.15, -0.1) is 0 Å². The first-order valence-electron chi connectivity index (χ1n) is 6.02. The standard InChI is InChI=1S/C15H17N3O/c1-10-4-6-12(7-5-10)17-18-14-9-15(19-3)13(16)8-11(14)2/h4-9H,16H2,1-3H3/b18-17+. The quantitative estimate of drug-likeness (QED) is 0.656. The van der Waals surface area contributed by atoms with Crippen LogP contribution in [-0.4, -0.2) is 7.11 Å². The van der Waals surface area contributed by atoms with Crippen molar-refractivity contribution in [1.82, 2.24) is 0 Å². The first-order valence-corrected chi connectivity index (χ1v) is 6.02. The zero-order chi connectivity index (χ0) is 13.8. The average molecular weight is 255 g/mol. The van der Waals surface area contributed by atoms with Crippen molar-refractivity contribution in [2.75, 3.05) is 12.8 Å². The molecule has 0 saturated carbocycles. The van der Waals surface area contributed by atoms with Crippen LogP contribution >= 0.6 is 0 Å². The molecule has 2 rings (SSSR count). The normalized spacial score (nSPS) is 10.9. The summed E-state index contributed by atoms with van der Waals surface area (Å²) in [7, 11) is 1.59. The fourth-order valence-corrected chi connectivity index (χ4v) is 1.71. The van der Waals surface area contributed by atoms with Crippen molar-refractivity contribution >= 4 is 17.1 Å². The van der Waals surface area contributed by atoms with E-state index >= 15 is 0 Å². The molecule has 4 heteroatoms. The molecule has 19 heavy (non-hydrogen) atoms. The van der Waals surface area contributed by atoms with Crippen molar-refractivity contribution in [2.24, 2.45) is 10.2 Å². The van der Waals surface area contributed by atoms with Gasteiger partial charge >= 0.3 is 0 Å². The average Bonchev–Trinajstić information content (AvgIpc) is 2.40. The molecule has 98 valence electrons. The minimum Gasteiger partial charge on any atom is -0.495 e. The van der Waals surface area contributed by atoms with Crippen LogP contribution in [0.5, 0.6) is 5.75 Å². The zero-order valence-electron chi connectivity index (χ0n) is 11.3. The summed E-state index contributed by atoms with van der Waals surface area (Å²) in [4.78, 5) is 0. The van der Waals surface area contributed by atoms with E-state index in [9.17, 15) is 0 Å². The summed E-state index contributed by atoms with van der Waals surface area (Å²) < 4.78 is 5.18. The molecule has 2 aromatic rings. The van der Waals surface area contributed by atoms with Gasteiger partial charge in [0, 0.05) is 6.07 Å². The molecule has 0 amide bonds. The molecule has 2 N–H and O–H groups in total. The van der Waals surface area contributed by atoms with Crippen LogP contribution in [-0.2, 0) is 0 Å². The third kappa shape index (κ3) is 3.10. The number of ether oxygens (including phenoxy) is 1. The van der Waals surface area contributed by atoms with Crippen molar-refractivity contribution in [3.63, 3.8) is 0 Å². The first-order chi connectivity index (χ1) is 9.10. The van der Waals surface area contributed by atoms with Gasteiger partial charge in [-0.3, -0.25) is 0 Å². The van der Waals surface area contributed by atoms with Crippen LogP contribution in [0.15, 0.2) is 46.6 Å². The van der Waals surface area contributed by atoms with Crippen molar-refractivity contribution in [3.8, 4) is 5.75 Å². The summed E-state index contributed by atoms with van der Waals surface area (Å²) in [5.41, 5.74) is 10.2. The number of hydrogen-bond acceptors (Lipinski definition) is 4. The third-order valence-electron chi connectivity index (χ3n) is 2.86. The number of nitrogens with two attached hydrogens (primary N) is 1. The summed E-state index contributed by atoms with van der Waals surface area (Å²) in [6.45, 7) is 3.98. The van der Waals surface area contributed by atoms with Crippen LogP contribution < -0.4 is 10.5 Å². The van der Waals surface area contributed by atoms with Gasteiger partial charge in [-0.1, -0.05) is 17.7 Å². The van der Waals surface area contributed by atoms with E-state index in [1.807, 2.05) is 44.2 Å². The first kappa shape index (κ1) is 13.1. The number of nitrogen functional groups attached to an aromatic ring is 1. The zero-order valence-corrected chi connectivity index (χ0v) is 11.3. The maximum atomic E-state index is 5.83. The number of hydrogen-bond donors (Lipinski definition) is 1. The molecule has 0 aliphatic carbocycles. The number of nitrogens with zero attached hydrogens (tertiary/aromatic N) is 2. The molecule has 0 saturated heterocycles. The molecule has 0 bridgehead atoms. The molecule has 0 spiro atoms. The number of rotatable bonds is 3. The van der Waals surface area contributed by atoms with Gasteiger partial charge in [0.25, 0.3) is 0 Å². The molecular formula is C15H17N3O. The van der Waals surface area contributed by atoms with Crippen LogP contribution in [0.3, 0.4) is 0 Å². The second-order valence-electron chi connectivity index (χ2n) is 4.42. The molecule has 0 radical (unpaired) electrons. The van der Waals surface area contributed by atoms with Crippen molar-refractivity contribution in [2.45, 2.75) is 13.8 Å². The van der Waals surface area contributed by atoms with E-state index in [-0.39, 0.29) is 0 Å². The Labute approximate surface area is 112 Å². The maximum absolute atomic E-state index is 5.83. The lowest BCUT2D eigenvalue weighted by atomic mass is 10.1. The molecule has 0 atom stereocenters. The van der Waals surface area contributed by atoms with Crippen LogP contribution in [0, 0.1) is 13.8 Å². The van der Waals surface area contributed by atoms with E-state index in [0.717, 1.165) is 16.9 Å². The highest BCUT2D eigenvalue weighted by atomic mass is 16.5. The Morgan fingerprint density at radius 1 is 1.00 bits per heavy atom. The van der Waals surface area contributed by atoms with E-state index in [4.69, 9.17) is 10.5 Å². The molecule has 0 unspecified atom stereocenters. The minimum atomic E-state index is 0.606. The van der Waals surface area contributed by atoms with Crippen molar-refractivity contribution in [3.05, 3.63) is 47.5 Å². The maximum Gasteiger partial charge on any atom is 0.143 e. The van der Waals surface area contributed by atoms with Gasteiger partial charge in [-0.2, -0.15) is 10.2 Å². The fraction of sp³-hybridized carbons (Fsp3) is 0.200. The monoisotopic (exact) mass is 255 g/mol. The summed E-state index contributed by atoms with van der Waals surface area (Å²) in [5, 5.41) is 8.46. The summed E-state index contributed by atoms with van der Waals surface area (Å²) in [5.74, 6) is 0.614. The van der Waals surface area contributed by atoms with Crippen LogP contribution in [0.2, 0.25) is 0 Å². The Morgan fingerprint density at radius 2 is 1.68 bits per heavy atom. The van der Waals surface area contributed by atoms with Gasteiger partial charge in [0.05, 0.1) is 24.2 Å². The smallest absolute Gasteiger partial charge is 0.143 e. The number of methoxy groups -OCH3 is 1. The Morgan fingerprint density at radius 3 is 2.32 bits per heavy atom. The van der Waals surface area contributed by atoms with Gasteiger partial charge in [0.2, 0.25) is 0 Å². The molecule has 0 heterocycles. The van der Waals surface area contributed by atoms with Crippen LogP contribution in [0.1, 0.15) is 11.1 Å². The lowest BCUT2D eigenvalue weighted by Crippen LogP contribution is -1.92. The summed E-state index contributed by atoms with van der Waals surface area (Å²) in [6, 6.07) is 11.5. The molecule has 0 aliphatic heterocycles. The van der Waals surface area contributed by atoms with Gasteiger partial charge in [-0.05, 0) is 37.6 Å². The van der Waals surface area contributed by atoms with Gasteiger partial charge < -0.3 is 10.5 Å². The minimum absolute atomic E-state index is 0.606. The Balaban J connectivity index is 2.30. The molecular weight excluding hydrogens is 238 g/mol. The molecule has 0 aromatic heterocycles. The predicted molar refractivity (Wildman–Crippen MR) is 77.5 cm³/mol. The van der Waals surface area contributed by atoms with E-state index in [2.05, 4.69) is 10.2 Å². The number of benzene rings is 2. The van der Waals surface area contributed by atoms with Crippen molar-refractivity contribution in [1.29, 1.82) is 0 Å². The summed E-state index contributed by atoms with van der Waals surface area (Å²) in [6.07, 6.45) is 0. The van der Waals surface area contributed by atoms with Gasteiger partial charge in [-0.25, -0.2) is 0 Å². The highest BCUT2D eigenvalue weighted by Gasteiger charge is 2.04. The highest BCUT2D eigenvalue weighted by Crippen LogP contribution is 2.31. The topological polar surface area (TPSA) is 60.0 Å². The Hall–Kier alpha value is -2.36. The van der Waals surface area contributed by atoms with E-state index in [1.165, 1.54) is 5.56 Å². The molecule has 0 aliphatic rings. The SMILES string of the molecule is COc1cc(/N=N/c2ccc(C)cc2)c(C)cc1N.